The average Bonchev–Trinajstić information content (AvgIpc) is 2.82. The van der Waals surface area contributed by atoms with Crippen molar-refractivity contribution in [2.75, 3.05) is 13.7 Å². The monoisotopic (exact) mass is 440 g/mol. The van der Waals surface area contributed by atoms with Crippen molar-refractivity contribution >= 4 is 11.8 Å². The second-order valence-corrected chi connectivity index (χ2v) is 6.82. The first kappa shape index (κ1) is 22.7. The van der Waals surface area contributed by atoms with Gasteiger partial charge in [-0.15, -0.1) is 0 Å². The summed E-state index contributed by atoms with van der Waals surface area (Å²) in [5.74, 6) is -2.27. The molecule has 3 rings (SSSR count). The number of carbonyl (C=O) groups is 2. The topological polar surface area (TPSA) is 76.7 Å². The second kappa shape index (κ2) is 10.9. The average molecular weight is 440 g/mol. The van der Waals surface area contributed by atoms with Crippen molar-refractivity contribution in [2.45, 2.75) is 12.6 Å². The van der Waals surface area contributed by atoms with Gasteiger partial charge in [0.15, 0.2) is 18.2 Å². The zero-order chi connectivity index (χ0) is 22.9. The number of amides is 2. The smallest absolute Gasteiger partial charge is 0.258 e. The molecule has 0 fully saturated rings. The first-order valence-corrected chi connectivity index (χ1v) is 9.82. The quantitative estimate of drug-likeness (QED) is 0.534. The normalized spacial score (nSPS) is 11.3. The van der Waals surface area contributed by atoms with E-state index in [1.165, 1.54) is 13.1 Å². The number of rotatable bonds is 9. The Morgan fingerprint density at radius 1 is 0.875 bits per heavy atom. The number of hydrogen-bond acceptors (Lipinski definition) is 4. The Kier molecular flexibility index (Phi) is 7.75. The molecule has 32 heavy (non-hydrogen) atoms. The van der Waals surface area contributed by atoms with Crippen LogP contribution in [0.15, 0.2) is 72.8 Å². The number of ether oxygens (including phenoxy) is 2. The van der Waals surface area contributed by atoms with Gasteiger partial charge in [0, 0.05) is 7.05 Å². The van der Waals surface area contributed by atoms with Crippen molar-refractivity contribution in [2.24, 2.45) is 0 Å². The van der Waals surface area contributed by atoms with Gasteiger partial charge in [0.1, 0.15) is 24.1 Å². The third-order valence-electron chi connectivity index (χ3n) is 4.53. The third-order valence-corrected chi connectivity index (χ3v) is 4.53. The van der Waals surface area contributed by atoms with Crippen LogP contribution in [0.25, 0.3) is 0 Å². The second-order valence-electron chi connectivity index (χ2n) is 6.82. The Hall–Kier alpha value is -3.94. The van der Waals surface area contributed by atoms with Crippen LogP contribution >= 0.6 is 0 Å². The summed E-state index contributed by atoms with van der Waals surface area (Å²) in [5.41, 5.74) is 1.15. The molecule has 3 aromatic carbocycles. The fourth-order valence-corrected chi connectivity index (χ4v) is 2.86. The van der Waals surface area contributed by atoms with Crippen molar-refractivity contribution in [1.29, 1.82) is 0 Å². The van der Waals surface area contributed by atoms with Crippen molar-refractivity contribution < 1.29 is 27.8 Å². The molecule has 0 aliphatic carbocycles. The van der Waals surface area contributed by atoms with E-state index in [2.05, 4.69) is 10.6 Å². The van der Waals surface area contributed by atoms with Crippen LogP contribution in [0, 0.1) is 11.6 Å². The van der Waals surface area contributed by atoms with Crippen LogP contribution in [0.4, 0.5) is 8.78 Å². The molecule has 0 spiro atoms. The lowest BCUT2D eigenvalue weighted by atomic mass is 10.1. The molecule has 1 atom stereocenters. The minimum atomic E-state index is -1.19. The van der Waals surface area contributed by atoms with E-state index in [9.17, 15) is 18.4 Å². The Morgan fingerprint density at radius 2 is 1.53 bits per heavy atom. The van der Waals surface area contributed by atoms with E-state index in [4.69, 9.17) is 9.47 Å². The van der Waals surface area contributed by atoms with Gasteiger partial charge >= 0.3 is 0 Å². The number of halogens is 2. The highest BCUT2D eigenvalue weighted by atomic mass is 19.2. The van der Waals surface area contributed by atoms with E-state index in [1.54, 1.807) is 24.3 Å². The molecule has 3 aromatic rings. The Balaban J connectivity index is 1.54. The number of benzene rings is 3. The molecule has 0 bridgehead atoms. The number of likely N-dealkylation sites (N-methyl/N-ethyl adjacent to an activating group) is 1. The van der Waals surface area contributed by atoms with Crippen molar-refractivity contribution in [3.05, 3.63) is 95.6 Å². The lowest BCUT2D eigenvalue weighted by Crippen LogP contribution is -2.41. The predicted octanol–water partition coefficient (Wildman–Crippen LogP) is 3.53. The van der Waals surface area contributed by atoms with Gasteiger partial charge in [-0.05, 0) is 47.5 Å². The maximum atomic E-state index is 13.5. The summed E-state index contributed by atoms with van der Waals surface area (Å²) in [5, 5.41) is 4.84. The minimum Gasteiger partial charge on any atom is -0.489 e. The number of hydrogen-bond donors (Lipinski definition) is 2. The Morgan fingerprint density at radius 3 is 2.16 bits per heavy atom. The predicted molar refractivity (Wildman–Crippen MR) is 114 cm³/mol. The number of nitrogens with one attached hydrogen (secondary N) is 2. The van der Waals surface area contributed by atoms with Gasteiger partial charge in [-0.25, -0.2) is 8.78 Å². The van der Waals surface area contributed by atoms with Crippen LogP contribution in [0.5, 0.6) is 11.5 Å². The first-order valence-electron chi connectivity index (χ1n) is 9.82. The lowest BCUT2D eigenvalue weighted by molar-refractivity contribution is -0.129. The molecular formula is C24H22F2N2O4. The summed E-state index contributed by atoms with van der Waals surface area (Å²) in [6.07, 6.45) is 0. The van der Waals surface area contributed by atoms with Gasteiger partial charge in [-0.2, -0.15) is 0 Å². The number of carbonyl (C=O) groups excluding carboxylic acids is 2. The van der Waals surface area contributed by atoms with Crippen molar-refractivity contribution in [3.8, 4) is 11.5 Å². The fraction of sp³-hybridized carbons (Fsp3) is 0.167. The van der Waals surface area contributed by atoms with E-state index in [1.807, 2.05) is 30.3 Å². The summed E-state index contributed by atoms with van der Waals surface area (Å²) in [6, 6.07) is 18.2. The van der Waals surface area contributed by atoms with Gasteiger partial charge in [-0.3, -0.25) is 9.59 Å². The molecule has 0 heterocycles. The molecule has 8 heteroatoms. The van der Waals surface area contributed by atoms with Gasteiger partial charge in [-0.1, -0.05) is 36.4 Å². The maximum Gasteiger partial charge on any atom is 0.258 e. The van der Waals surface area contributed by atoms with Crippen molar-refractivity contribution in [3.63, 3.8) is 0 Å². The molecule has 6 nitrogen and oxygen atoms in total. The third kappa shape index (κ3) is 6.28. The van der Waals surface area contributed by atoms with Gasteiger partial charge < -0.3 is 20.1 Å². The summed E-state index contributed by atoms with van der Waals surface area (Å²) in [6.45, 7) is 0.0513. The van der Waals surface area contributed by atoms with Crippen LogP contribution < -0.4 is 20.1 Å². The molecule has 0 radical (unpaired) electrons. The highest BCUT2D eigenvalue weighted by Gasteiger charge is 2.23. The highest BCUT2D eigenvalue weighted by Crippen LogP contribution is 2.20. The largest absolute Gasteiger partial charge is 0.489 e. The molecular weight excluding hydrogens is 418 g/mol. The SMILES string of the molecule is CNC(=O)C(NC(=O)COc1ccc(OCc2ccccc2)cc1)c1ccc(F)c(F)c1. The van der Waals surface area contributed by atoms with E-state index < -0.39 is 29.5 Å². The molecule has 0 aliphatic rings. The molecule has 2 amide bonds. The standard InChI is InChI=1S/C24H22F2N2O4/c1-27-24(30)23(17-7-12-20(25)21(26)13-17)28-22(29)15-32-19-10-8-18(9-11-19)31-14-16-5-3-2-4-6-16/h2-13,23H,14-15H2,1H3,(H,27,30)(H,28,29). The zero-order valence-corrected chi connectivity index (χ0v) is 17.3. The zero-order valence-electron chi connectivity index (χ0n) is 17.3. The summed E-state index contributed by atoms with van der Waals surface area (Å²) in [7, 11) is 1.37. The summed E-state index contributed by atoms with van der Waals surface area (Å²) >= 11 is 0. The van der Waals surface area contributed by atoms with E-state index in [0.29, 0.717) is 18.1 Å². The van der Waals surface area contributed by atoms with Crippen molar-refractivity contribution in [1.82, 2.24) is 10.6 Å². The molecule has 0 saturated carbocycles. The molecule has 2 N–H and O–H groups in total. The van der Waals surface area contributed by atoms with Crippen LogP contribution in [0.2, 0.25) is 0 Å². The Labute approximate surface area is 184 Å². The minimum absolute atomic E-state index is 0.108. The molecule has 166 valence electrons. The first-order chi connectivity index (χ1) is 15.5. The molecule has 0 aliphatic heterocycles. The van der Waals surface area contributed by atoms with Crippen LogP contribution in [0.1, 0.15) is 17.2 Å². The van der Waals surface area contributed by atoms with E-state index >= 15 is 0 Å². The summed E-state index contributed by atoms with van der Waals surface area (Å²) < 4.78 is 37.9. The molecule has 0 saturated heterocycles. The van der Waals surface area contributed by atoms with Crippen LogP contribution in [-0.2, 0) is 16.2 Å². The Bertz CT molecular complexity index is 1060. The fourth-order valence-electron chi connectivity index (χ4n) is 2.86. The van der Waals surface area contributed by atoms with E-state index in [-0.39, 0.29) is 12.2 Å². The maximum absolute atomic E-state index is 13.5. The van der Waals surface area contributed by atoms with Gasteiger partial charge in [0.2, 0.25) is 5.91 Å². The highest BCUT2D eigenvalue weighted by molar-refractivity contribution is 5.89. The van der Waals surface area contributed by atoms with Crippen LogP contribution in [0.3, 0.4) is 0 Å². The van der Waals surface area contributed by atoms with Gasteiger partial charge in [0.25, 0.3) is 5.91 Å². The van der Waals surface area contributed by atoms with Gasteiger partial charge in [0.05, 0.1) is 0 Å². The molecule has 1 unspecified atom stereocenters. The lowest BCUT2D eigenvalue weighted by Gasteiger charge is -2.18. The molecule has 0 aromatic heterocycles. The van der Waals surface area contributed by atoms with Crippen LogP contribution in [-0.4, -0.2) is 25.5 Å². The summed E-state index contributed by atoms with van der Waals surface area (Å²) in [4.78, 5) is 24.4. The van der Waals surface area contributed by atoms with E-state index in [0.717, 1.165) is 17.7 Å².